The predicted molar refractivity (Wildman–Crippen MR) is 142 cm³/mol. The number of hydrogen-bond acceptors (Lipinski definition) is 7. The van der Waals surface area contributed by atoms with E-state index in [1.165, 1.54) is 6.08 Å². The number of aliphatic hydroxyl groups is 1. The summed E-state index contributed by atoms with van der Waals surface area (Å²) in [5, 5.41) is 11.9. The number of allylic oxidation sites excluding steroid dienone is 4. The number of carbonyl (C=O) groups is 4. The van der Waals surface area contributed by atoms with Crippen LogP contribution in [0.5, 0.6) is 0 Å². The van der Waals surface area contributed by atoms with Crippen molar-refractivity contribution in [1.29, 1.82) is 0 Å². The largest absolute Gasteiger partial charge is 0.457 e. The summed E-state index contributed by atoms with van der Waals surface area (Å²) in [6.07, 6.45) is 7.42. The van der Waals surface area contributed by atoms with E-state index < -0.39 is 51.7 Å². The molecule has 4 aliphatic carbocycles. The van der Waals surface area contributed by atoms with Crippen LogP contribution in [-0.4, -0.2) is 51.8 Å². The molecule has 0 saturated heterocycles. The number of Topliss-reactive ketones (excluding diaryl/α,β-unsaturated/α-hetero) is 1. The first-order chi connectivity index (χ1) is 17.8. The van der Waals surface area contributed by atoms with Gasteiger partial charge in [-0.1, -0.05) is 52.7 Å². The van der Waals surface area contributed by atoms with Gasteiger partial charge in [0.25, 0.3) is 0 Å². The minimum Gasteiger partial charge on any atom is -0.457 e. The molecule has 3 saturated carbocycles. The smallest absolute Gasteiger partial charge is 0.306 e. The average molecular weight is 549 g/mol. The molecule has 0 unspecified atom stereocenters. The minimum atomic E-state index is -1.52. The molecule has 3 fully saturated rings. The zero-order valence-electron chi connectivity index (χ0n) is 23.2. The Morgan fingerprint density at radius 2 is 1.87 bits per heavy atom. The fraction of sp³-hybridized carbons (Fsp3) is 0.733. The van der Waals surface area contributed by atoms with Crippen LogP contribution in [0.2, 0.25) is 0 Å². The number of halogens is 1. The Labute approximate surface area is 230 Å². The predicted octanol–water partition coefficient (Wildman–Crippen LogP) is 4.87. The van der Waals surface area contributed by atoms with Gasteiger partial charge in [-0.2, -0.15) is 0 Å². The van der Waals surface area contributed by atoms with Crippen molar-refractivity contribution < 1.29 is 33.8 Å². The fourth-order valence-corrected chi connectivity index (χ4v) is 8.69. The van der Waals surface area contributed by atoms with E-state index in [0.29, 0.717) is 19.3 Å². The average Bonchev–Trinajstić information content (AvgIpc) is 3.16. The van der Waals surface area contributed by atoms with Crippen LogP contribution in [-0.2, 0) is 28.7 Å². The van der Waals surface area contributed by atoms with Gasteiger partial charge in [0.2, 0.25) is 5.78 Å². The summed E-state index contributed by atoms with van der Waals surface area (Å²) in [6.45, 7) is 9.14. The van der Waals surface area contributed by atoms with E-state index in [4.69, 9.17) is 21.1 Å². The highest BCUT2D eigenvalue weighted by Crippen LogP contribution is 2.71. The highest BCUT2D eigenvalue weighted by molar-refractivity contribution is 6.26. The number of alkyl halides is 1. The van der Waals surface area contributed by atoms with Gasteiger partial charge in [0, 0.05) is 23.7 Å². The van der Waals surface area contributed by atoms with E-state index in [-0.39, 0.29) is 49.2 Å². The lowest BCUT2D eigenvalue weighted by Gasteiger charge is -2.65. The third-order valence-electron chi connectivity index (χ3n) is 10.2. The van der Waals surface area contributed by atoms with Crippen LogP contribution in [0.4, 0.5) is 0 Å². The van der Waals surface area contributed by atoms with Crippen molar-refractivity contribution >= 4 is 35.1 Å². The SMILES string of the molecule is CCCCC(=O)O[C@]1(C(=O)COC(=O)CC)CC[C@H]2[C@@H]3C[C@H](C)C4=CC(=O)C=C[C@]4(C)[C@@]3(Cl)[C@@H](O)C[C@@]21C. The summed E-state index contributed by atoms with van der Waals surface area (Å²) in [6, 6.07) is 0. The molecule has 7 nitrogen and oxygen atoms in total. The van der Waals surface area contributed by atoms with E-state index >= 15 is 0 Å². The number of ketones is 2. The van der Waals surface area contributed by atoms with Gasteiger partial charge in [-0.3, -0.25) is 19.2 Å². The number of aliphatic hydroxyl groups excluding tert-OH is 1. The Bertz CT molecular complexity index is 1080. The molecular formula is C30H41ClO7. The Kier molecular flexibility index (Phi) is 7.78. The van der Waals surface area contributed by atoms with Crippen LogP contribution in [0.3, 0.4) is 0 Å². The third kappa shape index (κ3) is 4.11. The van der Waals surface area contributed by atoms with Crippen molar-refractivity contribution in [3.8, 4) is 0 Å². The van der Waals surface area contributed by atoms with Crippen molar-refractivity contribution in [1.82, 2.24) is 0 Å². The quantitative estimate of drug-likeness (QED) is 0.340. The summed E-state index contributed by atoms with van der Waals surface area (Å²) in [4.78, 5) is 49.9. The Balaban J connectivity index is 1.76. The lowest BCUT2D eigenvalue weighted by Crippen LogP contribution is -2.70. The molecule has 0 aliphatic heterocycles. The standard InChI is InChI=1S/C30H41ClO7/c1-6-8-9-26(36)38-29(24(34)17-37-25(35)7-2)13-11-20-22-14-18(3)21-15-19(32)10-12-27(21,4)30(22,31)23(33)16-28(20,29)5/h10,12,15,18,20,22-23,33H,6-9,11,13-14,16-17H2,1-5H3/t18-,20-,22-,23-,27-,28-,29-,30-/m0/s1. The molecule has 0 aromatic carbocycles. The normalized spacial score (nSPS) is 41.4. The number of esters is 2. The van der Waals surface area contributed by atoms with Crippen molar-refractivity contribution in [2.24, 2.45) is 28.6 Å². The number of carbonyl (C=O) groups excluding carboxylic acids is 4. The van der Waals surface area contributed by atoms with Crippen molar-refractivity contribution in [2.45, 2.75) is 103 Å². The van der Waals surface area contributed by atoms with Gasteiger partial charge in [-0.25, -0.2) is 0 Å². The number of fused-ring (bicyclic) bond motifs is 5. The summed E-state index contributed by atoms with van der Waals surface area (Å²) in [5.74, 6) is -1.75. The second-order valence-corrected chi connectivity index (χ2v) is 12.8. The molecule has 0 radical (unpaired) electrons. The number of ether oxygens (including phenoxy) is 2. The van der Waals surface area contributed by atoms with E-state index in [9.17, 15) is 24.3 Å². The molecule has 0 heterocycles. The van der Waals surface area contributed by atoms with E-state index in [1.807, 2.05) is 26.8 Å². The van der Waals surface area contributed by atoms with Crippen LogP contribution in [0.25, 0.3) is 0 Å². The van der Waals surface area contributed by atoms with Gasteiger partial charge < -0.3 is 14.6 Å². The fourth-order valence-electron chi connectivity index (χ4n) is 8.20. The first kappa shape index (κ1) is 29.0. The molecule has 38 heavy (non-hydrogen) atoms. The first-order valence-electron chi connectivity index (χ1n) is 14.0. The molecule has 0 spiro atoms. The summed E-state index contributed by atoms with van der Waals surface area (Å²) >= 11 is 7.54. The Hall–Kier alpha value is -1.99. The van der Waals surface area contributed by atoms with Crippen LogP contribution < -0.4 is 0 Å². The second-order valence-electron chi connectivity index (χ2n) is 12.2. The second kappa shape index (κ2) is 10.2. The molecular weight excluding hydrogens is 508 g/mol. The van der Waals surface area contributed by atoms with Gasteiger partial charge in [-0.15, -0.1) is 11.6 Å². The van der Waals surface area contributed by atoms with Gasteiger partial charge in [0.05, 0.1) is 11.0 Å². The highest BCUT2D eigenvalue weighted by atomic mass is 35.5. The Morgan fingerprint density at radius 3 is 2.53 bits per heavy atom. The van der Waals surface area contributed by atoms with Crippen molar-refractivity contribution in [3.63, 3.8) is 0 Å². The molecule has 8 atom stereocenters. The Morgan fingerprint density at radius 1 is 1.16 bits per heavy atom. The number of unbranched alkanes of at least 4 members (excludes halogenated alkanes) is 1. The minimum absolute atomic E-state index is 0.0450. The number of rotatable bonds is 8. The maximum atomic E-state index is 13.9. The van der Waals surface area contributed by atoms with Crippen LogP contribution in [0.15, 0.2) is 23.8 Å². The van der Waals surface area contributed by atoms with Crippen LogP contribution in [0.1, 0.15) is 86.0 Å². The summed E-state index contributed by atoms with van der Waals surface area (Å²) in [5.41, 5.74) is -2.24. The van der Waals surface area contributed by atoms with E-state index in [0.717, 1.165) is 12.0 Å². The highest BCUT2D eigenvalue weighted by Gasteiger charge is 2.75. The van der Waals surface area contributed by atoms with E-state index in [2.05, 4.69) is 6.92 Å². The summed E-state index contributed by atoms with van der Waals surface area (Å²) in [7, 11) is 0. The maximum Gasteiger partial charge on any atom is 0.306 e. The zero-order valence-corrected chi connectivity index (χ0v) is 23.9. The summed E-state index contributed by atoms with van der Waals surface area (Å²) < 4.78 is 11.4. The molecule has 4 rings (SSSR count). The molecule has 0 bridgehead atoms. The van der Waals surface area contributed by atoms with Crippen LogP contribution >= 0.6 is 11.6 Å². The molecule has 0 aromatic rings. The molecule has 210 valence electrons. The van der Waals surface area contributed by atoms with Crippen molar-refractivity contribution in [2.75, 3.05) is 6.61 Å². The van der Waals surface area contributed by atoms with Gasteiger partial charge in [0.1, 0.15) is 0 Å². The molecule has 1 N–H and O–H groups in total. The first-order valence-corrected chi connectivity index (χ1v) is 14.4. The topological polar surface area (TPSA) is 107 Å². The van der Waals surface area contributed by atoms with Gasteiger partial charge in [-0.05, 0) is 62.0 Å². The van der Waals surface area contributed by atoms with Crippen molar-refractivity contribution in [3.05, 3.63) is 23.8 Å². The molecule has 4 aliphatic rings. The molecule has 0 amide bonds. The lowest BCUT2D eigenvalue weighted by atomic mass is 9.44. The van der Waals surface area contributed by atoms with E-state index in [1.54, 1.807) is 13.0 Å². The number of hydrogen-bond donors (Lipinski definition) is 1. The van der Waals surface area contributed by atoms with Gasteiger partial charge in [0.15, 0.2) is 18.0 Å². The van der Waals surface area contributed by atoms with Gasteiger partial charge >= 0.3 is 11.9 Å². The lowest BCUT2D eigenvalue weighted by molar-refractivity contribution is -0.199. The monoisotopic (exact) mass is 548 g/mol. The molecule has 0 aromatic heterocycles. The molecule has 8 heteroatoms. The maximum absolute atomic E-state index is 13.9. The zero-order chi connectivity index (χ0) is 28.1. The third-order valence-corrected chi connectivity index (χ3v) is 11.1. The van der Waals surface area contributed by atoms with Crippen LogP contribution in [0, 0.1) is 28.6 Å².